The first-order chi connectivity index (χ1) is 10.4. The summed E-state index contributed by atoms with van der Waals surface area (Å²) in [5.41, 5.74) is 1.17. The fraction of sp³-hybridized carbons (Fsp3) is 0.235. The van der Waals surface area contributed by atoms with Crippen molar-refractivity contribution in [2.24, 2.45) is 4.99 Å². The second-order valence-electron chi connectivity index (χ2n) is 5.57. The van der Waals surface area contributed by atoms with Crippen LogP contribution in [-0.4, -0.2) is 23.3 Å². The molecule has 0 amide bonds. The van der Waals surface area contributed by atoms with Gasteiger partial charge >= 0.3 is 0 Å². The molecular formula is C17H18N2O3. The number of aliphatic imine (C=N–C) groups is 1. The molecule has 0 unspecified atom stereocenters. The van der Waals surface area contributed by atoms with Gasteiger partial charge in [-0.1, -0.05) is 44.2 Å². The zero-order valence-corrected chi connectivity index (χ0v) is 12.8. The van der Waals surface area contributed by atoms with E-state index in [0.29, 0.717) is 11.1 Å². The van der Waals surface area contributed by atoms with Crippen LogP contribution in [0.4, 0.5) is 5.69 Å². The number of aromatic hydroxyl groups is 1. The van der Waals surface area contributed by atoms with Crippen LogP contribution in [0, 0.1) is 10.1 Å². The number of hydrogen-bond acceptors (Lipinski definition) is 4. The van der Waals surface area contributed by atoms with Gasteiger partial charge in [0.1, 0.15) is 5.75 Å². The van der Waals surface area contributed by atoms with Crippen molar-refractivity contribution in [3.63, 3.8) is 0 Å². The van der Waals surface area contributed by atoms with Gasteiger partial charge in [-0.3, -0.25) is 15.1 Å². The summed E-state index contributed by atoms with van der Waals surface area (Å²) in [5, 5.41) is 21.7. The fourth-order valence-electron chi connectivity index (χ4n) is 2.47. The van der Waals surface area contributed by atoms with E-state index in [2.05, 4.69) is 4.99 Å². The maximum absolute atomic E-state index is 11.2. The molecule has 1 N–H and O–H groups in total. The molecule has 0 heterocycles. The minimum atomic E-state index is -0.576. The van der Waals surface area contributed by atoms with Gasteiger partial charge in [-0.15, -0.1) is 0 Å². The Morgan fingerprint density at radius 3 is 2.41 bits per heavy atom. The molecule has 0 saturated carbocycles. The predicted molar refractivity (Wildman–Crippen MR) is 86.8 cm³/mol. The van der Waals surface area contributed by atoms with Gasteiger partial charge in [0.2, 0.25) is 0 Å². The second-order valence-corrected chi connectivity index (χ2v) is 5.57. The average molecular weight is 298 g/mol. The van der Waals surface area contributed by atoms with E-state index in [0.717, 1.165) is 5.56 Å². The van der Waals surface area contributed by atoms with Crippen molar-refractivity contribution in [1.29, 1.82) is 0 Å². The zero-order valence-electron chi connectivity index (χ0n) is 12.8. The first-order valence-electron chi connectivity index (χ1n) is 6.87. The number of phenols is 1. The van der Waals surface area contributed by atoms with Crippen LogP contribution in [-0.2, 0) is 5.41 Å². The highest BCUT2D eigenvalue weighted by atomic mass is 16.6. The minimum absolute atomic E-state index is 0.0186. The van der Waals surface area contributed by atoms with Crippen molar-refractivity contribution in [2.75, 3.05) is 7.05 Å². The number of nitro benzene ring substituents is 1. The molecule has 0 saturated heterocycles. The molecule has 114 valence electrons. The molecule has 2 rings (SSSR count). The van der Waals surface area contributed by atoms with Gasteiger partial charge in [-0.25, -0.2) is 0 Å². The summed E-state index contributed by atoms with van der Waals surface area (Å²) in [7, 11) is 1.56. The van der Waals surface area contributed by atoms with Crippen molar-refractivity contribution in [2.45, 2.75) is 19.3 Å². The number of rotatable bonds is 4. The van der Waals surface area contributed by atoms with Crippen LogP contribution < -0.4 is 0 Å². The van der Waals surface area contributed by atoms with Gasteiger partial charge in [-0.2, -0.15) is 0 Å². The molecule has 22 heavy (non-hydrogen) atoms. The first kappa shape index (κ1) is 15.7. The summed E-state index contributed by atoms with van der Waals surface area (Å²) in [6.45, 7) is 3.85. The molecule has 0 atom stereocenters. The standard InChI is InChI=1S/C17H18N2O3/c1-17(2,13-7-5-4-6-8-13)15-10-14(19(21)22)9-12(11-18-3)16(15)20/h4-11,20H,1-3H3. The summed E-state index contributed by atoms with van der Waals surface area (Å²) < 4.78 is 0. The van der Waals surface area contributed by atoms with E-state index in [4.69, 9.17) is 0 Å². The van der Waals surface area contributed by atoms with E-state index in [-0.39, 0.29) is 11.4 Å². The maximum atomic E-state index is 11.2. The van der Waals surface area contributed by atoms with Crippen LogP contribution in [0.5, 0.6) is 5.75 Å². The SMILES string of the molecule is CN=Cc1cc([N+](=O)[O-])cc(C(C)(C)c2ccccc2)c1O. The van der Waals surface area contributed by atoms with Gasteiger partial charge in [0.15, 0.2) is 0 Å². The topological polar surface area (TPSA) is 75.7 Å². The van der Waals surface area contributed by atoms with Crippen molar-refractivity contribution in [3.8, 4) is 5.75 Å². The highest BCUT2D eigenvalue weighted by Crippen LogP contribution is 2.40. The lowest BCUT2D eigenvalue weighted by Crippen LogP contribution is -2.19. The highest BCUT2D eigenvalue weighted by Gasteiger charge is 2.29. The van der Waals surface area contributed by atoms with Crippen LogP contribution in [0.1, 0.15) is 30.5 Å². The van der Waals surface area contributed by atoms with Gasteiger partial charge in [0.25, 0.3) is 5.69 Å². The van der Waals surface area contributed by atoms with E-state index in [9.17, 15) is 15.2 Å². The first-order valence-corrected chi connectivity index (χ1v) is 6.87. The summed E-state index contributed by atoms with van der Waals surface area (Å²) in [4.78, 5) is 14.6. The largest absolute Gasteiger partial charge is 0.507 e. The molecule has 0 bridgehead atoms. The quantitative estimate of drug-likeness (QED) is 0.531. The van der Waals surface area contributed by atoms with Gasteiger partial charge < -0.3 is 5.11 Å². The molecule has 0 aliphatic carbocycles. The van der Waals surface area contributed by atoms with Crippen molar-refractivity contribution >= 4 is 11.9 Å². The molecular weight excluding hydrogens is 280 g/mol. The second kappa shape index (κ2) is 5.97. The number of nitrogens with zero attached hydrogens (tertiary/aromatic N) is 2. The number of non-ortho nitro benzene ring substituents is 1. The Morgan fingerprint density at radius 1 is 1.23 bits per heavy atom. The molecule has 5 heteroatoms. The fourth-order valence-corrected chi connectivity index (χ4v) is 2.47. The minimum Gasteiger partial charge on any atom is -0.507 e. The van der Waals surface area contributed by atoms with Crippen LogP contribution in [0.3, 0.4) is 0 Å². The zero-order chi connectivity index (χ0) is 16.3. The molecule has 0 spiro atoms. The van der Waals surface area contributed by atoms with Crippen LogP contribution in [0.15, 0.2) is 47.5 Å². The van der Waals surface area contributed by atoms with E-state index >= 15 is 0 Å². The Hall–Kier alpha value is -2.69. The number of phenolic OH excluding ortho intramolecular Hbond substituents is 1. The summed E-state index contributed by atoms with van der Waals surface area (Å²) in [6.07, 6.45) is 1.42. The van der Waals surface area contributed by atoms with E-state index in [1.165, 1.54) is 18.3 Å². The molecule has 0 fully saturated rings. The van der Waals surface area contributed by atoms with Crippen molar-refractivity contribution in [1.82, 2.24) is 0 Å². The lowest BCUT2D eigenvalue weighted by Gasteiger charge is -2.27. The smallest absolute Gasteiger partial charge is 0.270 e. The number of benzene rings is 2. The van der Waals surface area contributed by atoms with Gasteiger partial charge in [-0.05, 0) is 5.56 Å². The van der Waals surface area contributed by atoms with Crippen LogP contribution in [0.2, 0.25) is 0 Å². The van der Waals surface area contributed by atoms with E-state index in [1.54, 1.807) is 7.05 Å². The van der Waals surface area contributed by atoms with Gasteiger partial charge in [0, 0.05) is 41.9 Å². The molecule has 0 aliphatic rings. The average Bonchev–Trinajstić information content (AvgIpc) is 2.50. The van der Waals surface area contributed by atoms with E-state index in [1.807, 2.05) is 44.2 Å². The highest BCUT2D eigenvalue weighted by molar-refractivity contribution is 5.85. The predicted octanol–water partition coefficient (Wildman–Crippen LogP) is 3.68. The Balaban J connectivity index is 2.70. The number of nitro groups is 1. The Labute approximate surface area is 129 Å². The molecule has 5 nitrogen and oxygen atoms in total. The maximum Gasteiger partial charge on any atom is 0.270 e. The van der Waals surface area contributed by atoms with Gasteiger partial charge in [0.05, 0.1) is 4.92 Å². The molecule has 0 aliphatic heterocycles. The van der Waals surface area contributed by atoms with E-state index < -0.39 is 10.3 Å². The Bertz CT molecular complexity index is 722. The summed E-state index contributed by atoms with van der Waals surface area (Å²) in [6, 6.07) is 12.3. The molecule has 2 aromatic carbocycles. The number of hydrogen-bond donors (Lipinski definition) is 1. The Kier molecular flexibility index (Phi) is 4.26. The third-order valence-corrected chi connectivity index (χ3v) is 3.77. The summed E-state index contributed by atoms with van der Waals surface area (Å²) in [5.74, 6) is 0.0186. The molecule has 0 aromatic heterocycles. The molecule has 0 radical (unpaired) electrons. The van der Waals surface area contributed by atoms with Crippen molar-refractivity contribution in [3.05, 3.63) is 69.3 Å². The van der Waals surface area contributed by atoms with Crippen LogP contribution in [0.25, 0.3) is 0 Å². The lowest BCUT2D eigenvalue weighted by molar-refractivity contribution is -0.385. The van der Waals surface area contributed by atoms with Crippen LogP contribution >= 0.6 is 0 Å². The third-order valence-electron chi connectivity index (χ3n) is 3.77. The Morgan fingerprint density at radius 2 is 1.86 bits per heavy atom. The monoisotopic (exact) mass is 298 g/mol. The third kappa shape index (κ3) is 2.83. The normalized spacial score (nSPS) is 11.8. The lowest BCUT2D eigenvalue weighted by atomic mass is 9.77. The summed E-state index contributed by atoms with van der Waals surface area (Å²) >= 11 is 0. The van der Waals surface area contributed by atoms with Crippen molar-refractivity contribution < 1.29 is 10.0 Å². The molecule has 2 aromatic rings.